The van der Waals surface area contributed by atoms with E-state index in [9.17, 15) is 13.2 Å². The van der Waals surface area contributed by atoms with Crippen molar-refractivity contribution < 1.29 is 13.2 Å². The molecular weight excluding hydrogens is 398 g/mol. The normalized spacial score (nSPS) is 14.7. The van der Waals surface area contributed by atoms with Crippen LogP contribution in [0.25, 0.3) is 5.69 Å². The number of benzene rings is 2. The third-order valence-corrected chi connectivity index (χ3v) is 6.71. The van der Waals surface area contributed by atoms with E-state index in [2.05, 4.69) is 10.4 Å². The van der Waals surface area contributed by atoms with Crippen molar-refractivity contribution in [3.05, 3.63) is 75.4 Å². The van der Waals surface area contributed by atoms with E-state index >= 15 is 0 Å². The number of sulfone groups is 1. The van der Waals surface area contributed by atoms with Crippen LogP contribution in [0.15, 0.2) is 42.5 Å². The van der Waals surface area contributed by atoms with Gasteiger partial charge in [0.05, 0.1) is 33.5 Å². The largest absolute Gasteiger partial charge is 0.306 e. The highest BCUT2D eigenvalue weighted by atomic mass is 35.5. The smallest absolute Gasteiger partial charge is 0.258 e. The first kappa shape index (κ1) is 18.7. The fourth-order valence-corrected chi connectivity index (χ4v) is 5.05. The summed E-state index contributed by atoms with van der Waals surface area (Å²) < 4.78 is 25.8. The number of aryl methyl sites for hydroxylation is 1. The van der Waals surface area contributed by atoms with Crippen LogP contribution in [-0.4, -0.2) is 24.1 Å². The van der Waals surface area contributed by atoms with Gasteiger partial charge < -0.3 is 5.32 Å². The summed E-state index contributed by atoms with van der Waals surface area (Å²) in [5.74, 6) is -0.320. The maximum absolute atomic E-state index is 12.8. The van der Waals surface area contributed by atoms with Gasteiger partial charge in [0.15, 0.2) is 9.84 Å². The number of anilines is 1. The number of amides is 1. The minimum absolute atomic E-state index is 0.130. The molecule has 0 saturated heterocycles. The highest BCUT2D eigenvalue weighted by Crippen LogP contribution is 2.34. The molecule has 0 aliphatic carbocycles. The van der Waals surface area contributed by atoms with Crippen LogP contribution >= 0.6 is 11.6 Å². The fourth-order valence-electron chi connectivity index (χ4n) is 3.33. The van der Waals surface area contributed by atoms with Crippen LogP contribution in [0.3, 0.4) is 0 Å². The van der Waals surface area contributed by atoms with Crippen molar-refractivity contribution in [2.45, 2.75) is 25.4 Å². The molecule has 3 aromatic rings. The second-order valence-corrected chi connectivity index (χ2v) is 9.34. The number of halogens is 1. The third kappa shape index (κ3) is 3.21. The lowest BCUT2D eigenvalue weighted by Gasteiger charge is -2.14. The van der Waals surface area contributed by atoms with E-state index in [4.69, 9.17) is 11.6 Å². The van der Waals surface area contributed by atoms with E-state index in [1.165, 1.54) is 0 Å². The Labute approximate surface area is 168 Å². The number of carbonyl (C=O) groups excluding carboxylic acids is 1. The summed E-state index contributed by atoms with van der Waals surface area (Å²) >= 11 is 6.15. The van der Waals surface area contributed by atoms with Gasteiger partial charge in [0.1, 0.15) is 5.82 Å². The summed E-state index contributed by atoms with van der Waals surface area (Å²) in [6.07, 6.45) is 0. The summed E-state index contributed by atoms with van der Waals surface area (Å²) in [7, 11) is -3.26. The Bertz CT molecular complexity index is 1220. The minimum atomic E-state index is -3.26. The molecule has 0 spiro atoms. The van der Waals surface area contributed by atoms with Gasteiger partial charge in [-0.15, -0.1) is 0 Å². The molecule has 28 heavy (non-hydrogen) atoms. The molecule has 1 N–H and O–H groups in total. The van der Waals surface area contributed by atoms with Crippen LogP contribution in [0.1, 0.15) is 32.7 Å². The predicted molar refractivity (Wildman–Crippen MR) is 109 cm³/mol. The molecule has 1 aliphatic rings. The summed E-state index contributed by atoms with van der Waals surface area (Å²) in [5.41, 5.74) is 4.18. The molecule has 2 aromatic carbocycles. The van der Waals surface area contributed by atoms with Gasteiger partial charge in [-0.05, 0) is 43.2 Å². The van der Waals surface area contributed by atoms with Crippen LogP contribution < -0.4 is 5.32 Å². The van der Waals surface area contributed by atoms with Crippen molar-refractivity contribution in [1.29, 1.82) is 0 Å². The molecule has 144 valence electrons. The molecular formula is C20H18ClN3O3S. The lowest BCUT2D eigenvalue weighted by molar-refractivity contribution is 0.102. The first-order valence-electron chi connectivity index (χ1n) is 8.70. The van der Waals surface area contributed by atoms with Crippen molar-refractivity contribution in [3.8, 4) is 5.69 Å². The van der Waals surface area contributed by atoms with E-state index in [1.54, 1.807) is 28.9 Å². The molecule has 6 nitrogen and oxygen atoms in total. The molecule has 1 amide bonds. The SMILES string of the molecule is Cc1cccc(-n2nc3c(c2NC(=O)c2ccccc2Cl)CS(=O)(=O)C3)c1C. The van der Waals surface area contributed by atoms with Crippen LogP contribution in [0, 0.1) is 13.8 Å². The fraction of sp³-hybridized carbons (Fsp3) is 0.200. The Morgan fingerprint density at radius 1 is 1.11 bits per heavy atom. The monoisotopic (exact) mass is 415 g/mol. The van der Waals surface area contributed by atoms with Gasteiger partial charge in [0.2, 0.25) is 0 Å². The van der Waals surface area contributed by atoms with Gasteiger partial charge in [-0.2, -0.15) is 5.10 Å². The minimum Gasteiger partial charge on any atom is -0.306 e. The van der Waals surface area contributed by atoms with Crippen LogP contribution in [-0.2, 0) is 21.3 Å². The second kappa shape index (κ2) is 6.76. The standard InChI is InChI=1S/C20H18ClN3O3S/c1-12-6-5-9-18(13(12)2)24-19(15-10-28(26,27)11-17(15)23-24)22-20(25)14-7-3-4-8-16(14)21/h3-9H,10-11H2,1-2H3,(H,22,25). The van der Waals surface area contributed by atoms with Gasteiger partial charge in [0.25, 0.3) is 5.91 Å². The average Bonchev–Trinajstić information content (AvgIpc) is 3.10. The Morgan fingerprint density at radius 3 is 2.61 bits per heavy atom. The molecule has 1 aromatic heterocycles. The zero-order valence-corrected chi connectivity index (χ0v) is 16.9. The van der Waals surface area contributed by atoms with Crippen molar-refractivity contribution in [2.24, 2.45) is 0 Å². The molecule has 0 radical (unpaired) electrons. The number of carbonyl (C=O) groups is 1. The quantitative estimate of drug-likeness (QED) is 0.705. The zero-order chi connectivity index (χ0) is 20.1. The molecule has 1 aliphatic heterocycles. The number of fused-ring (bicyclic) bond motifs is 1. The lowest BCUT2D eigenvalue weighted by atomic mass is 10.1. The maximum Gasteiger partial charge on any atom is 0.258 e. The first-order valence-corrected chi connectivity index (χ1v) is 10.9. The Morgan fingerprint density at radius 2 is 1.86 bits per heavy atom. The summed E-state index contributed by atoms with van der Waals surface area (Å²) in [6, 6.07) is 12.5. The predicted octanol–water partition coefficient (Wildman–Crippen LogP) is 3.82. The third-order valence-electron chi connectivity index (χ3n) is 4.94. The molecule has 8 heteroatoms. The Kier molecular flexibility index (Phi) is 4.51. The maximum atomic E-state index is 12.8. The number of nitrogens with one attached hydrogen (secondary N) is 1. The second-order valence-electron chi connectivity index (χ2n) is 6.87. The zero-order valence-electron chi connectivity index (χ0n) is 15.4. The molecule has 0 saturated carbocycles. The van der Waals surface area contributed by atoms with E-state index < -0.39 is 15.7 Å². The van der Waals surface area contributed by atoms with E-state index in [-0.39, 0.29) is 11.5 Å². The molecule has 0 atom stereocenters. The lowest BCUT2D eigenvalue weighted by Crippen LogP contribution is -2.17. The summed E-state index contributed by atoms with van der Waals surface area (Å²) in [6.45, 7) is 3.95. The number of nitrogens with zero attached hydrogens (tertiary/aromatic N) is 2. The number of hydrogen-bond acceptors (Lipinski definition) is 4. The molecule has 0 fully saturated rings. The average molecular weight is 416 g/mol. The van der Waals surface area contributed by atoms with Gasteiger partial charge >= 0.3 is 0 Å². The molecule has 0 unspecified atom stereocenters. The number of aromatic nitrogens is 2. The highest BCUT2D eigenvalue weighted by molar-refractivity contribution is 7.90. The number of rotatable bonds is 3. The number of hydrogen-bond donors (Lipinski definition) is 1. The van der Waals surface area contributed by atoms with Crippen molar-refractivity contribution >= 4 is 33.2 Å². The van der Waals surface area contributed by atoms with Crippen LogP contribution in [0.2, 0.25) is 5.02 Å². The van der Waals surface area contributed by atoms with E-state index in [0.29, 0.717) is 27.7 Å². The van der Waals surface area contributed by atoms with Crippen molar-refractivity contribution in [2.75, 3.05) is 5.32 Å². The van der Waals surface area contributed by atoms with E-state index in [0.717, 1.165) is 16.8 Å². The van der Waals surface area contributed by atoms with Gasteiger partial charge in [-0.25, -0.2) is 13.1 Å². The Balaban J connectivity index is 1.85. The van der Waals surface area contributed by atoms with Gasteiger partial charge in [-0.3, -0.25) is 4.79 Å². The highest BCUT2D eigenvalue weighted by Gasteiger charge is 2.33. The van der Waals surface area contributed by atoms with Crippen molar-refractivity contribution in [3.63, 3.8) is 0 Å². The van der Waals surface area contributed by atoms with Crippen molar-refractivity contribution in [1.82, 2.24) is 9.78 Å². The molecule has 2 heterocycles. The molecule has 4 rings (SSSR count). The van der Waals surface area contributed by atoms with Crippen LogP contribution in [0.4, 0.5) is 5.82 Å². The van der Waals surface area contributed by atoms with Gasteiger partial charge in [-0.1, -0.05) is 35.9 Å². The Hall–Kier alpha value is -2.64. The summed E-state index contributed by atoms with van der Waals surface area (Å²) in [5, 5.41) is 7.68. The van der Waals surface area contributed by atoms with Gasteiger partial charge in [0, 0.05) is 5.56 Å². The summed E-state index contributed by atoms with van der Waals surface area (Å²) in [4.78, 5) is 12.8. The van der Waals surface area contributed by atoms with E-state index in [1.807, 2.05) is 32.0 Å². The first-order chi connectivity index (χ1) is 13.3. The molecule has 0 bridgehead atoms. The topological polar surface area (TPSA) is 81.1 Å². The van der Waals surface area contributed by atoms with Crippen LogP contribution in [0.5, 0.6) is 0 Å².